The molecule has 2 fully saturated rings. The Bertz CT molecular complexity index is 750. The molecule has 24 heavy (non-hydrogen) atoms. The number of rotatable bonds is 3. The smallest absolute Gasteiger partial charge is 0.272 e. The van der Waals surface area contributed by atoms with Gasteiger partial charge in [0, 0.05) is 19.3 Å². The van der Waals surface area contributed by atoms with Gasteiger partial charge >= 0.3 is 0 Å². The molecule has 1 atom stereocenters. The van der Waals surface area contributed by atoms with Crippen LogP contribution < -0.4 is 5.32 Å². The first-order valence-electron chi connectivity index (χ1n) is 8.60. The minimum absolute atomic E-state index is 0.00242. The van der Waals surface area contributed by atoms with Gasteiger partial charge in [0.05, 0.1) is 5.52 Å². The van der Waals surface area contributed by atoms with E-state index >= 15 is 0 Å². The van der Waals surface area contributed by atoms with Gasteiger partial charge in [-0.1, -0.05) is 6.07 Å². The van der Waals surface area contributed by atoms with E-state index in [-0.39, 0.29) is 11.8 Å². The Hall–Kier alpha value is -2.37. The second-order valence-electron chi connectivity index (χ2n) is 7.12. The molecule has 1 N–H and O–H groups in total. The highest BCUT2D eigenvalue weighted by molar-refractivity contribution is 5.96. The van der Waals surface area contributed by atoms with Crippen LogP contribution in [0.15, 0.2) is 30.5 Å². The second-order valence-corrected chi connectivity index (χ2v) is 7.12. The minimum atomic E-state index is -0.532. The van der Waals surface area contributed by atoms with Crippen LogP contribution in [0, 0.1) is 5.41 Å². The van der Waals surface area contributed by atoms with Gasteiger partial charge in [0.2, 0.25) is 5.91 Å². The van der Waals surface area contributed by atoms with Crippen molar-refractivity contribution in [3.05, 3.63) is 36.2 Å². The van der Waals surface area contributed by atoms with Crippen LogP contribution in [0.2, 0.25) is 0 Å². The van der Waals surface area contributed by atoms with Gasteiger partial charge in [0.25, 0.3) is 5.91 Å². The number of likely N-dealkylation sites (tertiary alicyclic amines) is 1. The van der Waals surface area contributed by atoms with E-state index in [0.29, 0.717) is 11.1 Å². The molecule has 6 heteroatoms. The summed E-state index contributed by atoms with van der Waals surface area (Å²) in [5.41, 5.74) is 1.73. The van der Waals surface area contributed by atoms with Crippen LogP contribution in [0.25, 0.3) is 5.52 Å². The summed E-state index contributed by atoms with van der Waals surface area (Å²) in [5, 5.41) is 7.03. The van der Waals surface area contributed by atoms with Crippen molar-refractivity contribution in [2.45, 2.75) is 38.6 Å². The molecule has 1 aliphatic heterocycles. The lowest BCUT2D eigenvalue weighted by Crippen LogP contribution is -2.49. The van der Waals surface area contributed by atoms with Crippen LogP contribution in [0.5, 0.6) is 0 Å². The molecule has 0 radical (unpaired) electrons. The van der Waals surface area contributed by atoms with Gasteiger partial charge in [0.15, 0.2) is 5.69 Å². The zero-order valence-corrected chi connectivity index (χ0v) is 13.9. The summed E-state index contributed by atoms with van der Waals surface area (Å²) in [6.07, 6.45) is 6.63. The SMILES string of the molecule is C[C@H](NC(=O)c1cc2ccccn2n1)C(=O)N1CCC2(CC1)CC2. The van der Waals surface area contributed by atoms with Crippen LogP contribution in [0.3, 0.4) is 0 Å². The van der Waals surface area contributed by atoms with Crippen molar-refractivity contribution >= 4 is 17.3 Å². The first kappa shape index (κ1) is 15.2. The fourth-order valence-electron chi connectivity index (χ4n) is 3.53. The second kappa shape index (κ2) is 5.61. The minimum Gasteiger partial charge on any atom is -0.341 e. The van der Waals surface area contributed by atoms with Crippen molar-refractivity contribution < 1.29 is 9.59 Å². The van der Waals surface area contributed by atoms with Crippen molar-refractivity contribution in [1.29, 1.82) is 0 Å². The first-order valence-corrected chi connectivity index (χ1v) is 8.60. The number of carbonyl (C=O) groups is 2. The Balaban J connectivity index is 1.38. The molecule has 2 aromatic rings. The van der Waals surface area contributed by atoms with Crippen molar-refractivity contribution in [3.8, 4) is 0 Å². The highest BCUT2D eigenvalue weighted by Gasteiger charge is 2.45. The average molecular weight is 326 g/mol. The number of fused-ring (bicyclic) bond motifs is 1. The lowest BCUT2D eigenvalue weighted by molar-refractivity contribution is -0.134. The molecule has 1 saturated heterocycles. The molecule has 0 aromatic carbocycles. The normalized spacial score (nSPS) is 20.1. The summed E-state index contributed by atoms with van der Waals surface area (Å²) in [4.78, 5) is 26.8. The number of nitrogens with zero attached hydrogens (tertiary/aromatic N) is 3. The predicted octanol–water partition coefficient (Wildman–Crippen LogP) is 1.86. The topological polar surface area (TPSA) is 66.7 Å². The van der Waals surface area contributed by atoms with E-state index in [0.717, 1.165) is 31.4 Å². The molecule has 0 bridgehead atoms. The molecule has 6 nitrogen and oxygen atoms in total. The monoisotopic (exact) mass is 326 g/mol. The van der Waals surface area contributed by atoms with E-state index in [9.17, 15) is 9.59 Å². The first-order chi connectivity index (χ1) is 11.6. The molecular formula is C18H22N4O2. The summed E-state index contributed by atoms with van der Waals surface area (Å²) < 4.78 is 1.65. The molecule has 4 rings (SSSR count). The fourth-order valence-corrected chi connectivity index (χ4v) is 3.53. The molecule has 1 spiro atoms. The van der Waals surface area contributed by atoms with E-state index in [4.69, 9.17) is 0 Å². The molecule has 126 valence electrons. The van der Waals surface area contributed by atoms with Crippen LogP contribution in [0.4, 0.5) is 0 Å². The van der Waals surface area contributed by atoms with Crippen LogP contribution in [-0.4, -0.2) is 45.5 Å². The van der Waals surface area contributed by atoms with Gasteiger partial charge in [-0.25, -0.2) is 4.52 Å². The van der Waals surface area contributed by atoms with Gasteiger partial charge < -0.3 is 10.2 Å². The molecule has 0 unspecified atom stereocenters. The Morgan fingerprint density at radius 2 is 1.96 bits per heavy atom. The van der Waals surface area contributed by atoms with E-state index in [2.05, 4.69) is 10.4 Å². The Kier molecular flexibility index (Phi) is 3.55. The number of aromatic nitrogens is 2. The van der Waals surface area contributed by atoms with Crippen molar-refractivity contribution in [1.82, 2.24) is 19.8 Å². The summed E-state index contributed by atoms with van der Waals surface area (Å²) in [6, 6.07) is 6.84. The maximum atomic E-state index is 12.6. The van der Waals surface area contributed by atoms with E-state index in [1.165, 1.54) is 12.8 Å². The molecule has 1 saturated carbocycles. The van der Waals surface area contributed by atoms with E-state index in [1.807, 2.05) is 23.1 Å². The third kappa shape index (κ3) is 2.77. The third-order valence-electron chi connectivity index (χ3n) is 5.41. The Morgan fingerprint density at radius 1 is 1.21 bits per heavy atom. The van der Waals surface area contributed by atoms with E-state index < -0.39 is 6.04 Å². The van der Waals surface area contributed by atoms with Crippen LogP contribution >= 0.6 is 0 Å². The molecular weight excluding hydrogens is 304 g/mol. The van der Waals surface area contributed by atoms with Crippen LogP contribution in [-0.2, 0) is 4.79 Å². The third-order valence-corrected chi connectivity index (χ3v) is 5.41. The number of pyridine rings is 1. The zero-order chi connectivity index (χ0) is 16.7. The maximum Gasteiger partial charge on any atom is 0.272 e. The van der Waals surface area contributed by atoms with Crippen LogP contribution in [0.1, 0.15) is 43.1 Å². The van der Waals surface area contributed by atoms with E-state index in [1.54, 1.807) is 23.7 Å². The summed E-state index contributed by atoms with van der Waals surface area (Å²) in [6.45, 7) is 3.37. The number of nitrogens with one attached hydrogen (secondary N) is 1. The summed E-state index contributed by atoms with van der Waals surface area (Å²) in [7, 11) is 0. The highest BCUT2D eigenvalue weighted by Crippen LogP contribution is 2.53. The van der Waals surface area contributed by atoms with Gasteiger partial charge in [-0.15, -0.1) is 0 Å². The summed E-state index contributed by atoms with van der Waals surface area (Å²) >= 11 is 0. The van der Waals surface area contributed by atoms with Gasteiger partial charge in [-0.05, 0) is 56.2 Å². The number of carbonyl (C=O) groups excluding carboxylic acids is 2. The standard InChI is InChI=1S/C18H22N4O2/c1-13(17(24)21-10-7-18(5-6-18)8-11-21)19-16(23)15-12-14-4-2-3-9-22(14)20-15/h2-4,9,12-13H,5-8,10-11H2,1H3,(H,19,23)/t13-/m0/s1. The van der Waals surface area contributed by atoms with Gasteiger partial charge in [0.1, 0.15) is 6.04 Å². The Labute approximate surface area is 140 Å². The quantitative estimate of drug-likeness (QED) is 0.936. The molecule has 2 amide bonds. The molecule has 3 heterocycles. The zero-order valence-electron chi connectivity index (χ0n) is 13.9. The van der Waals surface area contributed by atoms with Gasteiger partial charge in [-0.2, -0.15) is 5.10 Å². The maximum absolute atomic E-state index is 12.6. The van der Waals surface area contributed by atoms with Crippen molar-refractivity contribution in [2.75, 3.05) is 13.1 Å². The molecule has 2 aromatic heterocycles. The fraction of sp³-hybridized carbons (Fsp3) is 0.500. The highest BCUT2D eigenvalue weighted by atomic mass is 16.2. The number of hydrogen-bond acceptors (Lipinski definition) is 3. The number of hydrogen-bond donors (Lipinski definition) is 1. The average Bonchev–Trinajstić information content (AvgIpc) is 3.20. The van der Waals surface area contributed by atoms with Gasteiger partial charge in [-0.3, -0.25) is 9.59 Å². The number of piperidine rings is 1. The number of amides is 2. The molecule has 2 aliphatic rings. The largest absolute Gasteiger partial charge is 0.341 e. The lowest BCUT2D eigenvalue weighted by Gasteiger charge is -2.33. The van der Waals surface area contributed by atoms with Crippen molar-refractivity contribution in [2.24, 2.45) is 5.41 Å². The predicted molar refractivity (Wildman–Crippen MR) is 89.6 cm³/mol. The van der Waals surface area contributed by atoms with Crippen molar-refractivity contribution in [3.63, 3.8) is 0 Å². The Morgan fingerprint density at radius 3 is 2.62 bits per heavy atom. The lowest BCUT2D eigenvalue weighted by atomic mass is 9.93. The summed E-state index contributed by atoms with van der Waals surface area (Å²) in [5.74, 6) is -0.308. The molecule has 1 aliphatic carbocycles.